The Morgan fingerprint density at radius 2 is 2.00 bits per heavy atom. The second kappa shape index (κ2) is 6.27. The Morgan fingerprint density at radius 1 is 1.35 bits per heavy atom. The zero-order valence-electron chi connectivity index (χ0n) is 11.8. The number of rotatable bonds is 6. The molecule has 1 rings (SSSR count). The molecule has 6 heteroatoms. The van der Waals surface area contributed by atoms with Crippen LogP contribution in [-0.2, 0) is 4.79 Å². The van der Waals surface area contributed by atoms with E-state index in [0.29, 0.717) is 6.42 Å². The first-order chi connectivity index (χ1) is 9.26. The molecule has 20 heavy (non-hydrogen) atoms. The number of amides is 1. The topological polar surface area (TPSA) is 95.9 Å². The van der Waals surface area contributed by atoms with Gasteiger partial charge < -0.3 is 20.3 Å². The molecule has 0 spiro atoms. The number of hydrogen-bond donors (Lipinski definition) is 3. The Kier molecular flexibility index (Phi) is 4.96. The Balaban J connectivity index is 2.83. The van der Waals surface area contributed by atoms with Crippen LogP contribution < -0.4 is 10.1 Å². The van der Waals surface area contributed by atoms with Crippen molar-refractivity contribution in [3.8, 4) is 11.5 Å². The molecule has 1 aromatic carbocycles. The summed E-state index contributed by atoms with van der Waals surface area (Å²) in [5, 5.41) is 21.3. The molecule has 0 aliphatic heterocycles. The SMILES string of the molecule is COc1cccc(C(=O)NC(C)(C)CCC(=O)O)c1O. The first-order valence-corrected chi connectivity index (χ1v) is 6.17. The van der Waals surface area contributed by atoms with E-state index < -0.39 is 17.4 Å². The van der Waals surface area contributed by atoms with Crippen LogP contribution in [0.1, 0.15) is 37.0 Å². The van der Waals surface area contributed by atoms with Crippen molar-refractivity contribution in [1.82, 2.24) is 5.32 Å². The molecule has 0 radical (unpaired) electrons. The number of benzene rings is 1. The molecule has 0 aliphatic carbocycles. The van der Waals surface area contributed by atoms with Crippen LogP contribution >= 0.6 is 0 Å². The third kappa shape index (κ3) is 4.15. The van der Waals surface area contributed by atoms with Gasteiger partial charge in [0.05, 0.1) is 12.7 Å². The molecular weight excluding hydrogens is 262 g/mol. The maximum atomic E-state index is 12.1. The first kappa shape index (κ1) is 15.8. The highest BCUT2D eigenvalue weighted by molar-refractivity contribution is 5.98. The van der Waals surface area contributed by atoms with E-state index in [9.17, 15) is 14.7 Å². The number of ether oxygens (including phenoxy) is 1. The summed E-state index contributed by atoms with van der Waals surface area (Å²) < 4.78 is 4.94. The molecule has 0 aliphatic rings. The van der Waals surface area contributed by atoms with Gasteiger partial charge in [-0.3, -0.25) is 9.59 Å². The summed E-state index contributed by atoms with van der Waals surface area (Å²) in [6.45, 7) is 3.45. The highest BCUT2D eigenvalue weighted by Crippen LogP contribution is 2.29. The van der Waals surface area contributed by atoms with Gasteiger partial charge in [0.25, 0.3) is 5.91 Å². The van der Waals surface area contributed by atoms with Crippen molar-refractivity contribution in [2.45, 2.75) is 32.2 Å². The molecule has 1 aromatic rings. The largest absolute Gasteiger partial charge is 0.504 e. The Labute approximate surface area is 117 Å². The summed E-state index contributed by atoms with van der Waals surface area (Å²) in [5.41, 5.74) is -0.599. The quantitative estimate of drug-likeness (QED) is 0.738. The zero-order chi connectivity index (χ0) is 15.3. The summed E-state index contributed by atoms with van der Waals surface area (Å²) >= 11 is 0. The van der Waals surface area contributed by atoms with Gasteiger partial charge in [-0.2, -0.15) is 0 Å². The van der Waals surface area contributed by atoms with E-state index in [0.717, 1.165) is 0 Å². The summed E-state index contributed by atoms with van der Waals surface area (Å²) in [7, 11) is 1.40. The van der Waals surface area contributed by atoms with Gasteiger partial charge in [0.15, 0.2) is 11.5 Å². The minimum atomic E-state index is -0.920. The number of carbonyl (C=O) groups excluding carboxylic acids is 1. The Bertz CT molecular complexity index is 510. The number of methoxy groups -OCH3 is 1. The fourth-order valence-electron chi connectivity index (χ4n) is 1.73. The van der Waals surface area contributed by atoms with Crippen molar-refractivity contribution in [3.05, 3.63) is 23.8 Å². The van der Waals surface area contributed by atoms with Gasteiger partial charge in [0, 0.05) is 12.0 Å². The van der Waals surface area contributed by atoms with Crippen LogP contribution in [-0.4, -0.2) is 34.7 Å². The monoisotopic (exact) mass is 281 g/mol. The maximum absolute atomic E-state index is 12.1. The number of carboxylic acid groups (broad SMARTS) is 1. The van der Waals surface area contributed by atoms with Crippen molar-refractivity contribution in [1.29, 1.82) is 0 Å². The van der Waals surface area contributed by atoms with Gasteiger partial charge in [-0.25, -0.2) is 0 Å². The lowest BCUT2D eigenvalue weighted by Gasteiger charge is -2.26. The standard InChI is InChI=1S/C14H19NO5/c1-14(2,8-7-11(16)17)15-13(19)9-5-4-6-10(20-3)12(9)18/h4-6,18H,7-8H2,1-3H3,(H,15,19)(H,16,17). The minimum Gasteiger partial charge on any atom is -0.504 e. The van der Waals surface area contributed by atoms with Crippen LogP contribution in [0.2, 0.25) is 0 Å². The van der Waals surface area contributed by atoms with Crippen LogP contribution in [0.3, 0.4) is 0 Å². The highest BCUT2D eigenvalue weighted by Gasteiger charge is 2.24. The molecule has 0 saturated carbocycles. The van der Waals surface area contributed by atoms with Crippen molar-refractivity contribution >= 4 is 11.9 Å². The molecule has 0 unspecified atom stereocenters. The Morgan fingerprint density at radius 3 is 2.55 bits per heavy atom. The molecule has 1 amide bonds. The number of nitrogens with one attached hydrogen (secondary N) is 1. The highest BCUT2D eigenvalue weighted by atomic mass is 16.5. The van der Waals surface area contributed by atoms with Crippen molar-refractivity contribution in [2.24, 2.45) is 0 Å². The lowest BCUT2D eigenvalue weighted by molar-refractivity contribution is -0.137. The molecule has 0 saturated heterocycles. The van der Waals surface area contributed by atoms with Gasteiger partial charge in [-0.05, 0) is 32.4 Å². The second-order valence-electron chi connectivity index (χ2n) is 5.09. The van der Waals surface area contributed by atoms with E-state index in [1.165, 1.54) is 13.2 Å². The van der Waals surface area contributed by atoms with Crippen LogP contribution in [0.15, 0.2) is 18.2 Å². The number of phenols is 1. The van der Waals surface area contributed by atoms with E-state index in [1.54, 1.807) is 26.0 Å². The fraction of sp³-hybridized carbons (Fsp3) is 0.429. The lowest BCUT2D eigenvalue weighted by atomic mass is 9.97. The smallest absolute Gasteiger partial charge is 0.303 e. The summed E-state index contributed by atoms with van der Waals surface area (Å²) in [4.78, 5) is 22.7. The van der Waals surface area contributed by atoms with E-state index in [2.05, 4.69) is 5.32 Å². The predicted octanol–water partition coefficient (Wildman–Crippen LogP) is 1.77. The van der Waals surface area contributed by atoms with Crippen LogP contribution in [0, 0.1) is 0 Å². The van der Waals surface area contributed by atoms with E-state index in [1.807, 2.05) is 0 Å². The number of carbonyl (C=O) groups is 2. The second-order valence-corrected chi connectivity index (χ2v) is 5.09. The molecule has 0 bridgehead atoms. The summed E-state index contributed by atoms with van der Waals surface area (Å²) in [5.74, 6) is -1.42. The predicted molar refractivity (Wildman–Crippen MR) is 73.1 cm³/mol. The average molecular weight is 281 g/mol. The molecule has 3 N–H and O–H groups in total. The molecule has 6 nitrogen and oxygen atoms in total. The number of phenolic OH excluding ortho intramolecular Hbond substituents is 1. The van der Waals surface area contributed by atoms with Gasteiger partial charge in [-0.1, -0.05) is 6.07 Å². The number of para-hydroxylation sites is 1. The Hall–Kier alpha value is -2.24. The number of aliphatic carboxylic acids is 1. The number of carboxylic acids is 1. The van der Waals surface area contributed by atoms with Crippen molar-refractivity contribution in [2.75, 3.05) is 7.11 Å². The van der Waals surface area contributed by atoms with Gasteiger partial charge >= 0.3 is 5.97 Å². The summed E-state index contributed by atoms with van der Waals surface area (Å²) in [6.07, 6.45) is 0.246. The summed E-state index contributed by atoms with van der Waals surface area (Å²) in [6, 6.07) is 4.61. The lowest BCUT2D eigenvalue weighted by Crippen LogP contribution is -2.43. The average Bonchev–Trinajstić information content (AvgIpc) is 2.36. The molecule has 0 fully saturated rings. The van der Waals surface area contributed by atoms with E-state index in [-0.39, 0.29) is 23.5 Å². The van der Waals surface area contributed by atoms with E-state index in [4.69, 9.17) is 9.84 Å². The van der Waals surface area contributed by atoms with Crippen LogP contribution in [0.25, 0.3) is 0 Å². The number of aromatic hydroxyl groups is 1. The number of hydrogen-bond acceptors (Lipinski definition) is 4. The first-order valence-electron chi connectivity index (χ1n) is 6.17. The van der Waals surface area contributed by atoms with Crippen molar-refractivity contribution in [3.63, 3.8) is 0 Å². The van der Waals surface area contributed by atoms with Crippen LogP contribution in [0.4, 0.5) is 0 Å². The van der Waals surface area contributed by atoms with E-state index >= 15 is 0 Å². The van der Waals surface area contributed by atoms with Gasteiger partial charge in [0.1, 0.15) is 0 Å². The van der Waals surface area contributed by atoms with Gasteiger partial charge in [0.2, 0.25) is 0 Å². The third-order valence-corrected chi connectivity index (χ3v) is 2.88. The molecule has 0 atom stereocenters. The third-order valence-electron chi connectivity index (χ3n) is 2.88. The molecule has 0 heterocycles. The van der Waals surface area contributed by atoms with Gasteiger partial charge in [-0.15, -0.1) is 0 Å². The van der Waals surface area contributed by atoms with Crippen molar-refractivity contribution < 1.29 is 24.5 Å². The van der Waals surface area contributed by atoms with Crippen LogP contribution in [0.5, 0.6) is 11.5 Å². The molecule has 110 valence electrons. The normalized spacial score (nSPS) is 10.9. The minimum absolute atomic E-state index is 0.0443. The maximum Gasteiger partial charge on any atom is 0.303 e. The molecule has 0 aromatic heterocycles. The zero-order valence-corrected chi connectivity index (χ0v) is 11.8. The molecular formula is C14H19NO5. The fourth-order valence-corrected chi connectivity index (χ4v) is 1.73.